The number of alkyl halides is 3. The summed E-state index contributed by atoms with van der Waals surface area (Å²) in [7, 11) is -3.62. The predicted octanol–water partition coefficient (Wildman–Crippen LogP) is 2.05. The summed E-state index contributed by atoms with van der Waals surface area (Å²) in [6, 6.07) is 7.56. The SMILES string of the molecule is CCS(=O)(=O)N1CCn2c(nnc2C(F)(F)F)C1c1ccccc1. The van der Waals surface area contributed by atoms with Gasteiger partial charge in [0.2, 0.25) is 15.8 Å². The van der Waals surface area contributed by atoms with Gasteiger partial charge in [-0.1, -0.05) is 30.3 Å². The van der Waals surface area contributed by atoms with Gasteiger partial charge < -0.3 is 4.57 Å². The summed E-state index contributed by atoms with van der Waals surface area (Å²) in [5.41, 5.74) is 0.552. The van der Waals surface area contributed by atoms with Crippen LogP contribution in [0.2, 0.25) is 0 Å². The van der Waals surface area contributed by atoms with E-state index in [9.17, 15) is 21.6 Å². The molecule has 0 radical (unpaired) electrons. The van der Waals surface area contributed by atoms with Gasteiger partial charge in [-0.3, -0.25) is 0 Å². The molecule has 1 aromatic heterocycles. The minimum absolute atomic E-state index is 0.0169. The molecule has 0 aliphatic carbocycles. The van der Waals surface area contributed by atoms with Gasteiger partial charge in [0.25, 0.3) is 0 Å². The largest absolute Gasteiger partial charge is 0.451 e. The van der Waals surface area contributed by atoms with Crippen LogP contribution < -0.4 is 0 Å². The Labute approximate surface area is 137 Å². The number of sulfonamides is 1. The number of rotatable bonds is 3. The van der Waals surface area contributed by atoms with Crippen molar-refractivity contribution in [3.8, 4) is 0 Å². The lowest BCUT2D eigenvalue weighted by Gasteiger charge is -2.35. The molecule has 1 unspecified atom stereocenters. The van der Waals surface area contributed by atoms with Crippen molar-refractivity contribution >= 4 is 10.0 Å². The third-order valence-electron chi connectivity index (χ3n) is 3.95. The van der Waals surface area contributed by atoms with E-state index in [0.717, 1.165) is 4.57 Å². The summed E-state index contributed by atoms with van der Waals surface area (Å²) < 4.78 is 66.2. The summed E-state index contributed by atoms with van der Waals surface area (Å²) in [6.07, 6.45) is -4.64. The smallest absolute Gasteiger partial charge is 0.304 e. The molecule has 2 heterocycles. The lowest BCUT2D eigenvalue weighted by molar-refractivity contribution is -0.147. The molecule has 10 heteroatoms. The lowest BCUT2D eigenvalue weighted by atomic mass is 10.0. The highest BCUT2D eigenvalue weighted by Gasteiger charge is 2.44. The maximum atomic E-state index is 13.1. The first-order valence-electron chi connectivity index (χ1n) is 7.30. The second-order valence-corrected chi connectivity index (χ2v) is 7.57. The van der Waals surface area contributed by atoms with E-state index in [2.05, 4.69) is 10.2 Å². The quantitative estimate of drug-likeness (QED) is 0.840. The molecule has 0 fully saturated rings. The molecule has 0 amide bonds. The monoisotopic (exact) mass is 360 g/mol. The molecular formula is C14H15F3N4O2S. The molecule has 6 nitrogen and oxygen atoms in total. The van der Waals surface area contributed by atoms with Crippen molar-refractivity contribution in [2.24, 2.45) is 0 Å². The van der Waals surface area contributed by atoms with Crippen molar-refractivity contribution in [1.82, 2.24) is 19.1 Å². The van der Waals surface area contributed by atoms with Crippen molar-refractivity contribution in [2.45, 2.75) is 25.7 Å². The molecule has 1 atom stereocenters. The van der Waals surface area contributed by atoms with Gasteiger partial charge in [-0.05, 0) is 12.5 Å². The second-order valence-electron chi connectivity index (χ2n) is 5.36. The van der Waals surface area contributed by atoms with Crippen LogP contribution >= 0.6 is 0 Å². The van der Waals surface area contributed by atoms with Crippen LogP contribution in [0.15, 0.2) is 30.3 Å². The van der Waals surface area contributed by atoms with Gasteiger partial charge in [0.15, 0.2) is 5.82 Å². The van der Waals surface area contributed by atoms with Gasteiger partial charge in [0.05, 0.1) is 5.75 Å². The van der Waals surface area contributed by atoms with Crippen LogP contribution in [0.5, 0.6) is 0 Å². The highest BCUT2D eigenvalue weighted by molar-refractivity contribution is 7.89. The average Bonchev–Trinajstić information content (AvgIpc) is 2.99. The maximum Gasteiger partial charge on any atom is 0.451 e. The van der Waals surface area contributed by atoms with Gasteiger partial charge in [-0.25, -0.2) is 8.42 Å². The average molecular weight is 360 g/mol. The van der Waals surface area contributed by atoms with Crippen molar-refractivity contribution in [3.63, 3.8) is 0 Å². The van der Waals surface area contributed by atoms with E-state index in [0.29, 0.717) is 5.56 Å². The van der Waals surface area contributed by atoms with Crippen molar-refractivity contribution in [2.75, 3.05) is 12.3 Å². The summed E-state index contributed by atoms with van der Waals surface area (Å²) in [6.45, 7) is 1.29. The van der Waals surface area contributed by atoms with E-state index < -0.39 is 28.1 Å². The maximum absolute atomic E-state index is 13.1. The number of fused-ring (bicyclic) bond motifs is 1. The molecule has 0 saturated heterocycles. The van der Waals surface area contributed by atoms with Gasteiger partial charge in [-0.2, -0.15) is 17.5 Å². The van der Waals surface area contributed by atoms with E-state index in [4.69, 9.17) is 0 Å². The molecule has 0 spiro atoms. The van der Waals surface area contributed by atoms with Gasteiger partial charge >= 0.3 is 6.18 Å². The van der Waals surface area contributed by atoms with Crippen LogP contribution in [0.1, 0.15) is 30.2 Å². The molecule has 24 heavy (non-hydrogen) atoms. The fraction of sp³-hybridized carbons (Fsp3) is 0.429. The molecule has 2 aromatic rings. The van der Waals surface area contributed by atoms with Crippen molar-refractivity contribution in [3.05, 3.63) is 47.5 Å². The second kappa shape index (κ2) is 5.85. The number of nitrogens with zero attached hydrogens (tertiary/aromatic N) is 4. The lowest BCUT2D eigenvalue weighted by Crippen LogP contribution is -2.44. The number of aromatic nitrogens is 3. The van der Waals surface area contributed by atoms with E-state index in [1.807, 2.05) is 0 Å². The Kier molecular flexibility index (Phi) is 4.12. The molecule has 130 valence electrons. The van der Waals surface area contributed by atoms with Crippen LogP contribution in [0.3, 0.4) is 0 Å². The summed E-state index contributed by atoms with van der Waals surface area (Å²) in [5.74, 6) is -1.26. The Morgan fingerprint density at radius 2 is 1.83 bits per heavy atom. The molecule has 0 saturated carbocycles. The molecule has 3 rings (SSSR count). The van der Waals surface area contributed by atoms with Gasteiger partial charge in [-0.15, -0.1) is 10.2 Å². The Morgan fingerprint density at radius 1 is 1.17 bits per heavy atom. The summed E-state index contributed by atoms with van der Waals surface area (Å²) in [4.78, 5) is 0. The topological polar surface area (TPSA) is 68.1 Å². The summed E-state index contributed by atoms with van der Waals surface area (Å²) >= 11 is 0. The standard InChI is InChI=1S/C14H15F3N4O2S/c1-2-24(22,23)21-9-8-20-12(18-19-13(20)14(15,16)17)11(21)10-6-4-3-5-7-10/h3-7,11H,2,8-9H2,1H3. The molecule has 1 aromatic carbocycles. The number of hydrogen-bond acceptors (Lipinski definition) is 4. The van der Waals surface area contributed by atoms with Crippen LogP contribution in [-0.4, -0.2) is 39.8 Å². The number of halogens is 3. The highest BCUT2D eigenvalue weighted by atomic mass is 32.2. The number of hydrogen-bond donors (Lipinski definition) is 0. The number of benzene rings is 1. The zero-order valence-electron chi connectivity index (χ0n) is 12.7. The zero-order valence-corrected chi connectivity index (χ0v) is 13.5. The molecular weight excluding hydrogens is 345 g/mol. The van der Waals surface area contributed by atoms with E-state index in [1.54, 1.807) is 30.3 Å². The van der Waals surface area contributed by atoms with E-state index in [1.165, 1.54) is 11.2 Å². The Balaban J connectivity index is 2.18. The van der Waals surface area contributed by atoms with Crippen molar-refractivity contribution in [1.29, 1.82) is 0 Å². The highest BCUT2D eigenvalue weighted by Crippen LogP contribution is 2.37. The van der Waals surface area contributed by atoms with Crippen LogP contribution in [0.25, 0.3) is 0 Å². The first-order chi connectivity index (χ1) is 11.3. The van der Waals surface area contributed by atoms with Gasteiger partial charge in [0.1, 0.15) is 6.04 Å². The van der Waals surface area contributed by atoms with Crippen molar-refractivity contribution < 1.29 is 21.6 Å². The molecule has 0 N–H and O–H groups in total. The fourth-order valence-corrected chi connectivity index (χ4v) is 4.05. The molecule has 0 bridgehead atoms. The van der Waals surface area contributed by atoms with Gasteiger partial charge in [0, 0.05) is 13.1 Å². The Morgan fingerprint density at radius 3 is 2.42 bits per heavy atom. The minimum atomic E-state index is -4.64. The first kappa shape index (κ1) is 16.9. The minimum Gasteiger partial charge on any atom is -0.304 e. The third-order valence-corrected chi connectivity index (χ3v) is 5.78. The Hall–Kier alpha value is -1.94. The van der Waals surface area contributed by atoms with E-state index in [-0.39, 0.29) is 24.7 Å². The first-order valence-corrected chi connectivity index (χ1v) is 8.91. The predicted molar refractivity (Wildman–Crippen MR) is 79.5 cm³/mol. The van der Waals surface area contributed by atoms with Crippen LogP contribution in [-0.2, 0) is 22.7 Å². The molecule has 1 aliphatic heterocycles. The Bertz CT molecular complexity index is 833. The normalized spacial score (nSPS) is 19.2. The van der Waals surface area contributed by atoms with E-state index >= 15 is 0 Å². The molecule has 1 aliphatic rings. The van der Waals surface area contributed by atoms with Crippen LogP contribution in [0.4, 0.5) is 13.2 Å². The fourth-order valence-electron chi connectivity index (χ4n) is 2.82. The van der Waals surface area contributed by atoms with Crippen LogP contribution in [0, 0.1) is 0 Å². The zero-order chi connectivity index (χ0) is 17.5. The summed E-state index contributed by atoms with van der Waals surface area (Å²) in [5, 5.41) is 6.92. The third kappa shape index (κ3) is 2.80.